The molecule has 0 spiro atoms. The molecule has 1 atom stereocenters. The molecule has 0 saturated carbocycles. The van der Waals surface area contributed by atoms with Crippen LogP contribution in [-0.4, -0.2) is 6.54 Å². The van der Waals surface area contributed by atoms with Crippen LogP contribution >= 0.6 is 11.3 Å². The molecule has 0 saturated heterocycles. The maximum absolute atomic E-state index is 8.59. The first-order valence-corrected chi connectivity index (χ1v) is 6.57. The third-order valence-corrected chi connectivity index (χ3v) is 3.83. The summed E-state index contributed by atoms with van der Waals surface area (Å²) in [6.07, 6.45) is 1.59. The van der Waals surface area contributed by atoms with Gasteiger partial charge in [0.25, 0.3) is 0 Å². The van der Waals surface area contributed by atoms with E-state index in [-0.39, 0.29) is 5.41 Å². The first-order chi connectivity index (χ1) is 7.55. The summed E-state index contributed by atoms with van der Waals surface area (Å²) in [6, 6.07) is 6.86. The first kappa shape index (κ1) is 13.2. The Balaban J connectivity index is 2.36. The lowest BCUT2D eigenvalue weighted by Crippen LogP contribution is -2.31. The van der Waals surface area contributed by atoms with Gasteiger partial charge < -0.3 is 5.32 Å². The number of nitriles is 1. The minimum Gasteiger partial charge on any atom is -0.309 e. The van der Waals surface area contributed by atoms with Gasteiger partial charge in [0.05, 0.1) is 6.07 Å². The highest BCUT2D eigenvalue weighted by atomic mass is 32.1. The quantitative estimate of drug-likeness (QED) is 0.817. The van der Waals surface area contributed by atoms with E-state index >= 15 is 0 Å². The molecular formula is C13H20N2S. The minimum absolute atomic E-state index is 0.196. The van der Waals surface area contributed by atoms with E-state index in [9.17, 15) is 0 Å². The van der Waals surface area contributed by atoms with Crippen molar-refractivity contribution in [2.45, 2.75) is 39.7 Å². The Bertz CT molecular complexity index is 335. The van der Waals surface area contributed by atoms with Gasteiger partial charge in [0.1, 0.15) is 0 Å². The lowest BCUT2D eigenvalue weighted by atomic mass is 9.88. The smallest absolute Gasteiger partial charge is 0.0621 e. The van der Waals surface area contributed by atoms with Gasteiger partial charge in [-0.05, 0) is 30.2 Å². The van der Waals surface area contributed by atoms with Gasteiger partial charge in [0, 0.05) is 23.9 Å². The largest absolute Gasteiger partial charge is 0.309 e. The summed E-state index contributed by atoms with van der Waals surface area (Å²) in [6.45, 7) is 7.55. The molecular weight excluding hydrogens is 216 g/mol. The van der Waals surface area contributed by atoms with Crippen molar-refractivity contribution in [2.75, 3.05) is 6.54 Å². The average Bonchev–Trinajstić information content (AvgIpc) is 2.77. The Morgan fingerprint density at radius 2 is 2.31 bits per heavy atom. The van der Waals surface area contributed by atoms with Gasteiger partial charge in [-0.25, -0.2) is 0 Å². The molecule has 1 rings (SSSR count). The van der Waals surface area contributed by atoms with E-state index in [0.29, 0.717) is 12.5 Å². The molecule has 0 radical (unpaired) electrons. The maximum atomic E-state index is 8.59. The molecule has 1 heterocycles. The van der Waals surface area contributed by atoms with Crippen LogP contribution < -0.4 is 5.32 Å². The van der Waals surface area contributed by atoms with Crippen LogP contribution in [0.25, 0.3) is 0 Å². The molecule has 0 aromatic carbocycles. The monoisotopic (exact) mass is 236 g/mol. The molecule has 1 N–H and O–H groups in total. The van der Waals surface area contributed by atoms with Crippen molar-refractivity contribution in [3.05, 3.63) is 22.4 Å². The Morgan fingerprint density at radius 1 is 1.56 bits per heavy atom. The van der Waals surface area contributed by atoms with Crippen molar-refractivity contribution in [2.24, 2.45) is 5.41 Å². The molecule has 16 heavy (non-hydrogen) atoms. The second-order valence-electron chi connectivity index (χ2n) is 4.94. The van der Waals surface area contributed by atoms with E-state index in [4.69, 9.17) is 5.26 Å². The van der Waals surface area contributed by atoms with Crippen molar-refractivity contribution in [1.82, 2.24) is 5.32 Å². The average molecular weight is 236 g/mol. The second-order valence-corrected chi connectivity index (χ2v) is 5.92. The lowest BCUT2D eigenvalue weighted by molar-refractivity contribution is 0.305. The summed E-state index contributed by atoms with van der Waals surface area (Å²) in [7, 11) is 0. The van der Waals surface area contributed by atoms with Crippen molar-refractivity contribution in [1.29, 1.82) is 5.26 Å². The van der Waals surface area contributed by atoms with Gasteiger partial charge in [-0.1, -0.05) is 19.9 Å². The van der Waals surface area contributed by atoms with Crippen LogP contribution in [0.2, 0.25) is 0 Å². The highest BCUT2D eigenvalue weighted by Gasteiger charge is 2.18. The number of thiophene rings is 1. The lowest BCUT2D eigenvalue weighted by Gasteiger charge is -2.26. The van der Waals surface area contributed by atoms with Crippen molar-refractivity contribution in [3.63, 3.8) is 0 Å². The summed E-state index contributed by atoms with van der Waals surface area (Å²) in [5.41, 5.74) is 0.196. The summed E-state index contributed by atoms with van der Waals surface area (Å²) >= 11 is 1.78. The van der Waals surface area contributed by atoms with Gasteiger partial charge in [-0.15, -0.1) is 11.3 Å². The zero-order valence-corrected chi connectivity index (χ0v) is 11.1. The zero-order valence-electron chi connectivity index (χ0n) is 10.3. The summed E-state index contributed by atoms with van der Waals surface area (Å²) < 4.78 is 0. The van der Waals surface area contributed by atoms with Crippen molar-refractivity contribution < 1.29 is 0 Å². The molecule has 1 aromatic rings. The van der Waals surface area contributed by atoms with Crippen molar-refractivity contribution in [3.8, 4) is 6.07 Å². The maximum Gasteiger partial charge on any atom is 0.0621 e. The zero-order chi connectivity index (χ0) is 12.0. The number of rotatable bonds is 6. The Hall–Kier alpha value is -0.850. The molecule has 0 aliphatic carbocycles. The SMILES string of the molecule is C[C@H](NCC(C)(C)CCC#N)c1cccs1. The second kappa shape index (κ2) is 6.03. The Morgan fingerprint density at radius 3 is 2.88 bits per heavy atom. The van der Waals surface area contributed by atoms with Gasteiger partial charge in [-0.3, -0.25) is 0 Å². The van der Waals surface area contributed by atoms with E-state index in [0.717, 1.165) is 13.0 Å². The molecule has 2 nitrogen and oxygen atoms in total. The molecule has 0 amide bonds. The number of nitrogens with one attached hydrogen (secondary N) is 1. The van der Waals surface area contributed by atoms with Crippen LogP contribution in [0, 0.1) is 16.7 Å². The third-order valence-electron chi connectivity index (χ3n) is 2.77. The molecule has 88 valence electrons. The van der Waals surface area contributed by atoms with Gasteiger partial charge in [0.2, 0.25) is 0 Å². The fourth-order valence-electron chi connectivity index (χ4n) is 1.55. The van der Waals surface area contributed by atoms with E-state index in [1.165, 1.54) is 4.88 Å². The van der Waals surface area contributed by atoms with Crippen LogP contribution in [0.5, 0.6) is 0 Å². The molecule has 0 unspecified atom stereocenters. The first-order valence-electron chi connectivity index (χ1n) is 5.69. The predicted molar refractivity (Wildman–Crippen MR) is 69.4 cm³/mol. The topological polar surface area (TPSA) is 35.8 Å². The summed E-state index contributed by atoms with van der Waals surface area (Å²) in [5, 5.41) is 14.2. The fourth-order valence-corrected chi connectivity index (χ4v) is 2.31. The Kier molecular flexibility index (Phi) is 4.98. The van der Waals surface area contributed by atoms with Crippen molar-refractivity contribution >= 4 is 11.3 Å². The van der Waals surface area contributed by atoms with Crippen LogP contribution in [0.1, 0.15) is 44.5 Å². The highest BCUT2D eigenvalue weighted by Crippen LogP contribution is 2.24. The molecule has 0 aliphatic heterocycles. The molecule has 0 fully saturated rings. The van der Waals surface area contributed by atoms with E-state index in [1.807, 2.05) is 0 Å². The normalized spacial score (nSPS) is 13.4. The van der Waals surface area contributed by atoms with Gasteiger partial charge in [-0.2, -0.15) is 5.26 Å². The fraction of sp³-hybridized carbons (Fsp3) is 0.615. The van der Waals surface area contributed by atoms with Crippen LogP contribution in [0.3, 0.4) is 0 Å². The molecule has 0 bridgehead atoms. The van der Waals surface area contributed by atoms with E-state index in [1.54, 1.807) is 11.3 Å². The molecule has 0 aliphatic rings. The number of hydrogen-bond acceptors (Lipinski definition) is 3. The van der Waals surface area contributed by atoms with Crippen LogP contribution in [0.4, 0.5) is 0 Å². The van der Waals surface area contributed by atoms with Crippen LogP contribution in [0.15, 0.2) is 17.5 Å². The third kappa shape index (κ3) is 4.34. The minimum atomic E-state index is 0.196. The predicted octanol–water partition coefficient (Wildman–Crippen LogP) is 3.73. The number of nitrogens with zero attached hydrogens (tertiary/aromatic N) is 1. The molecule has 1 aromatic heterocycles. The summed E-state index contributed by atoms with van der Waals surface area (Å²) in [4.78, 5) is 1.37. The van der Waals surface area contributed by atoms with Gasteiger partial charge in [0.15, 0.2) is 0 Å². The number of hydrogen-bond donors (Lipinski definition) is 1. The highest BCUT2D eigenvalue weighted by molar-refractivity contribution is 7.10. The van der Waals surface area contributed by atoms with Gasteiger partial charge >= 0.3 is 0 Å². The van der Waals surface area contributed by atoms with E-state index < -0.39 is 0 Å². The Labute approximate surface area is 102 Å². The summed E-state index contributed by atoms with van der Waals surface area (Å²) in [5.74, 6) is 0. The van der Waals surface area contributed by atoms with Crippen LogP contribution in [-0.2, 0) is 0 Å². The van der Waals surface area contributed by atoms with E-state index in [2.05, 4.69) is 49.7 Å². The standard InChI is InChI=1S/C13H20N2S/c1-11(12-6-4-9-16-12)15-10-13(2,3)7-5-8-14/h4,6,9,11,15H,5,7,10H2,1-3H3/t11-/m0/s1. The molecule has 3 heteroatoms.